The van der Waals surface area contributed by atoms with Crippen LogP contribution in [0.15, 0.2) is 78.2 Å². The van der Waals surface area contributed by atoms with Gasteiger partial charge in [-0.1, -0.05) is 11.6 Å². The van der Waals surface area contributed by atoms with Gasteiger partial charge in [0.15, 0.2) is 0 Å². The molecule has 1 amide bonds. The summed E-state index contributed by atoms with van der Waals surface area (Å²) in [4.78, 5) is 15.7. The Morgan fingerprint density at radius 1 is 0.960 bits per heavy atom. The molecular weight excluding hydrogens is 338 g/mol. The third-order valence-electron chi connectivity index (χ3n) is 3.25. The predicted molar refractivity (Wildman–Crippen MR) is 97.3 cm³/mol. The van der Waals surface area contributed by atoms with Gasteiger partial charge in [0.25, 0.3) is 5.91 Å². The number of pyridine rings is 1. The van der Waals surface area contributed by atoms with E-state index >= 15 is 0 Å². The van der Waals surface area contributed by atoms with Crippen LogP contribution < -0.4 is 10.2 Å². The zero-order chi connectivity index (χ0) is 17.5. The van der Waals surface area contributed by atoms with Crippen LogP contribution in [0.3, 0.4) is 0 Å². The summed E-state index contributed by atoms with van der Waals surface area (Å²) in [5, 5.41) is 4.60. The van der Waals surface area contributed by atoms with Crippen molar-refractivity contribution < 1.29 is 9.53 Å². The van der Waals surface area contributed by atoms with Crippen molar-refractivity contribution >= 4 is 23.7 Å². The summed E-state index contributed by atoms with van der Waals surface area (Å²) < 4.78 is 5.71. The maximum absolute atomic E-state index is 11.8. The number of benzene rings is 2. The fraction of sp³-hybridized carbons (Fsp3) is 0. The number of hydrazone groups is 1. The predicted octanol–water partition coefficient (Wildman–Crippen LogP) is 4.29. The summed E-state index contributed by atoms with van der Waals surface area (Å²) in [6.45, 7) is 0. The SMILES string of the molecule is O=C(N/N=C\c1ccc(Oc2ccc(Cl)cc2)cc1)c1ccncc1. The van der Waals surface area contributed by atoms with E-state index in [4.69, 9.17) is 16.3 Å². The molecule has 1 aromatic heterocycles. The Morgan fingerprint density at radius 2 is 1.56 bits per heavy atom. The molecule has 0 unspecified atom stereocenters. The molecule has 0 fully saturated rings. The monoisotopic (exact) mass is 351 g/mol. The van der Waals surface area contributed by atoms with Gasteiger partial charge in [0.05, 0.1) is 6.21 Å². The fourth-order valence-electron chi connectivity index (χ4n) is 1.99. The number of carbonyl (C=O) groups excluding carboxylic acids is 1. The molecule has 124 valence electrons. The molecule has 2 aromatic carbocycles. The lowest BCUT2D eigenvalue weighted by atomic mass is 10.2. The summed E-state index contributed by atoms with van der Waals surface area (Å²) in [5.74, 6) is 1.11. The maximum Gasteiger partial charge on any atom is 0.271 e. The molecule has 0 aliphatic heterocycles. The van der Waals surface area contributed by atoms with E-state index in [2.05, 4.69) is 15.5 Å². The van der Waals surface area contributed by atoms with Crippen molar-refractivity contribution in [3.63, 3.8) is 0 Å². The van der Waals surface area contributed by atoms with Gasteiger partial charge in [-0.2, -0.15) is 5.10 Å². The second kappa shape index (κ2) is 8.08. The van der Waals surface area contributed by atoms with E-state index < -0.39 is 0 Å². The number of hydrogen-bond acceptors (Lipinski definition) is 4. The first-order chi connectivity index (χ1) is 12.2. The van der Waals surface area contributed by atoms with E-state index in [1.165, 1.54) is 0 Å². The minimum absolute atomic E-state index is 0.290. The first-order valence-electron chi connectivity index (χ1n) is 7.47. The highest BCUT2D eigenvalue weighted by atomic mass is 35.5. The summed E-state index contributed by atoms with van der Waals surface area (Å²) in [7, 11) is 0. The van der Waals surface area contributed by atoms with Crippen LogP contribution in [-0.2, 0) is 0 Å². The summed E-state index contributed by atoms with van der Waals surface area (Å²) in [6, 6.07) is 17.7. The molecule has 0 saturated heterocycles. The molecule has 0 atom stereocenters. The van der Waals surface area contributed by atoms with E-state index in [1.807, 2.05) is 24.3 Å². The Balaban J connectivity index is 1.57. The van der Waals surface area contributed by atoms with Gasteiger partial charge in [-0.25, -0.2) is 5.43 Å². The topological polar surface area (TPSA) is 63.6 Å². The molecule has 0 aliphatic rings. The smallest absolute Gasteiger partial charge is 0.271 e. The number of halogens is 1. The van der Waals surface area contributed by atoms with Crippen molar-refractivity contribution in [2.75, 3.05) is 0 Å². The largest absolute Gasteiger partial charge is 0.457 e. The van der Waals surface area contributed by atoms with E-state index in [0.717, 1.165) is 5.56 Å². The second-order valence-corrected chi connectivity index (χ2v) is 5.50. The van der Waals surface area contributed by atoms with Crippen molar-refractivity contribution in [3.8, 4) is 11.5 Å². The van der Waals surface area contributed by atoms with Gasteiger partial charge in [0.1, 0.15) is 11.5 Å². The number of rotatable bonds is 5. The van der Waals surface area contributed by atoms with Crippen LogP contribution in [-0.4, -0.2) is 17.1 Å². The lowest BCUT2D eigenvalue weighted by Crippen LogP contribution is -2.17. The number of nitrogens with one attached hydrogen (secondary N) is 1. The molecule has 0 spiro atoms. The maximum atomic E-state index is 11.8. The average Bonchev–Trinajstić information content (AvgIpc) is 2.66. The lowest BCUT2D eigenvalue weighted by Gasteiger charge is -2.05. The van der Waals surface area contributed by atoms with Gasteiger partial charge in [0, 0.05) is 23.0 Å². The van der Waals surface area contributed by atoms with Crippen LogP contribution in [0, 0.1) is 0 Å². The Kier molecular flexibility index (Phi) is 5.39. The molecule has 0 radical (unpaired) electrons. The molecule has 5 nitrogen and oxygen atoms in total. The van der Waals surface area contributed by atoms with Gasteiger partial charge < -0.3 is 4.74 Å². The molecule has 3 rings (SSSR count). The molecule has 25 heavy (non-hydrogen) atoms. The standard InChI is InChI=1S/C19H14ClN3O2/c20-16-3-7-18(8-4-16)25-17-5-1-14(2-6-17)13-22-23-19(24)15-9-11-21-12-10-15/h1-13H,(H,23,24)/b22-13-. The van der Waals surface area contributed by atoms with Crippen molar-refractivity contribution in [3.05, 3.63) is 89.2 Å². The first kappa shape index (κ1) is 16.7. The molecule has 3 aromatic rings. The van der Waals surface area contributed by atoms with Gasteiger partial charge in [0.2, 0.25) is 0 Å². The van der Waals surface area contributed by atoms with Gasteiger partial charge in [-0.15, -0.1) is 0 Å². The minimum Gasteiger partial charge on any atom is -0.457 e. The Morgan fingerprint density at radius 3 is 2.20 bits per heavy atom. The Hall–Kier alpha value is -3.18. The first-order valence-corrected chi connectivity index (χ1v) is 7.85. The zero-order valence-electron chi connectivity index (χ0n) is 13.1. The summed E-state index contributed by atoms with van der Waals surface area (Å²) >= 11 is 5.84. The molecule has 0 aliphatic carbocycles. The van der Waals surface area contributed by atoms with Crippen molar-refractivity contribution in [2.45, 2.75) is 0 Å². The van der Waals surface area contributed by atoms with E-state index in [9.17, 15) is 4.79 Å². The van der Waals surface area contributed by atoms with Gasteiger partial charge in [-0.3, -0.25) is 9.78 Å². The van der Waals surface area contributed by atoms with Gasteiger partial charge in [-0.05, 0) is 66.2 Å². The highest BCUT2D eigenvalue weighted by Crippen LogP contribution is 2.23. The van der Waals surface area contributed by atoms with E-state index in [1.54, 1.807) is 55.0 Å². The quantitative estimate of drug-likeness (QED) is 0.551. The second-order valence-electron chi connectivity index (χ2n) is 5.06. The third-order valence-corrected chi connectivity index (χ3v) is 3.50. The van der Waals surface area contributed by atoms with Crippen molar-refractivity contribution in [2.24, 2.45) is 5.10 Å². The molecule has 1 heterocycles. The van der Waals surface area contributed by atoms with Crippen LogP contribution in [0.2, 0.25) is 5.02 Å². The molecule has 0 saturated carbocycles. The number of ether oxygens (including phenoxy) is 1. The summed E-state index contributed by atoms with van der Waals surface area (Å²) in [5.41, 5.74) is 3.80. The number of amides is 1. The molecule has 0 bridgehead atoms. The van der Waals surface area contributed by atoms with Crippen LogP contribution in [0.1, 0.15) is 15.9 Å². The number of nitrogens with zero attached hydrogens (tertiary/aromatic N) is 2. The highest BCUT2D eigenvalue weighted by molar-refractivity contribution is 6.30. The van der Waals surface area contributed by atoms with Crippen LogP contribution in [0.5, 0.6) is 11.5 Å². The fourth-order valence-corrected chi connectivity index (χ4v) is 2.12. The van der Waals surface area contributed by atoms with Crippen LogP contribution >= 0.6 is 11.6 Å². The van der Waals surface area contributed by atoms with Crippen molar-refractivity contribution in [1.29, 1.82) is 0 Å². The van der Waals surface area contributed by atoms with Crippen molar-refractivity contribution in [1.82, 2.24) is 10.4 Å². The lowest BCUT2D eigenvalue weighted by molar-refractivity contribution is 0.0955. The Bertz CT molecular complexity index is 863. The van der Waals surface area contributed by atoms with E-state index in [0.29, 0.717) is 22.1 Å². The number of hydrogen-bond donors (Lipinski definition) is 1. The van der Waals surface area contributed by atoms with E-state index in [-0.39, 0.29) is 5.91 Å². The molecule has 6 heteroatoms. The third kappa shape index (κ3) is 4.89. The van der Waals surface area contributed by atoms with Crippen LogP contribution in [0.4, 0.5) is 0 Å². The Labute approximate surface area is 149 Å². The average molecular weight is 352 g/mol. The van der Waals surface area contributed by atoms with Gasteiger partial charge >= 0.3 is 0 Å². The zero-order valence-corrected chi connectivity index (χ0v) is 13.9. The summed E-state index contributed by atoms with van der Waals surface area (Å²) in [6.07, 6.45) is 4.67. The number of aromatic nitrogens is 1. The molecule has 1 N–H and O–H groups in total. The van der Waals surface area contributed by atoms with Crippen LogP contribution in [0.25, 0.3) is 0 Å². The highest BCUT2D eigenvalue weighted by Gasteiger charge is 2.02. The molecular formula is C19H14ClN3O2. The number of carbonyl (C=O) groups is 1. The minimum atomic E-state index is -0.290. The normalized spacial score (nSPS) is 10.6.